The lowest BCUT2D eigenvalue weighted by molar-refractivity contribution is 0.0526. The molecule has 11 heteroatoms. The maximum absolute atomic E-state index is 14.3. The Bertz CT molecular complexity index is 1610. The van der Waals surface area contributed by atoms with Gasteiger partial charge in [0, 0.05) is 54.6 Å². The Morgan fingerprint density at radius 2 is 2.05 bits per heavy atom. The average Bonchev–Trinajstić information content (AvgIpc) is 3.74. The quantitative estimate of drug-likeness (QED) is 0.257. The van der Waals surface area contributed by atoms with Crippen LogP contribution in [0.4, 0.5) is 0 Å². The van der Waals surface area contributed by atoms with Gasteiger partial charge in [0.25, 0.3) is 0 Å². The van der Waals surface area contributed by atoms with Crippen molar-refractivity contribution in [1.29, 1.82) is 0 Å². The van der Waals surface area contributed by atoms with E-state index in [4.69, 9.17) is 4.74 Å². The summed E-state index contributed by atoms with van der Waals surface area (Å²) < 4.78 is 10.8. The van der Waals surface area contributed by atoms with Crippen molar-refractivity contribution < 1.29 is 9.53 Å². The number of imidazole rings is 1. The van der Waals surface area contributed by atoms with Crippen LogP contribution in [-0.4, -0.2) is 53.1 Å². The largest absolute Gasteiger partial charge is 0.462 e. The number of nitrogens with one attached hydrogen (secondary N) is 1. The van der Waals surface area contributed by atoms with Crippen LogP contribution in [0.25, 0.3) is 17.2 Å². The summed E-state index contributed by atoms with van der Waals surface area (Å²) in [7, 11) is 0. The number of nitrogens with zero attached hydrogens (tertiary/aromatic N) is 7. The molecular weight excluding hydrogens is 520 g/mol. The maximum atomic E-state index is 14.3. The normalized spacial score (nSPS) is 16.4. The molecule has 0 radical (unpaired) electrons. The highest BCUT2D eigenvalue weighted by Gasteiger charge is 2.34. The molecule has 1 aliphatic rings. The number of aryl methyl sites for hydroxylation is 2. The Labute approximate surface area is 238 Å². The van der Waals surface area contributed by atoms with Crippen LogP contribution >= 0.6 is 0 Å². The first-order chi connectivity index (χ1) is 20.0. The van der Waals surface area contributed by atoms with E-state index in [9.17, 15) is 9.59 Å². The minimum absolute atomic E-state index is 0.192. The Morgan fingerprint density at radius 1 is 1.17 bits per heavy atom. The zero-order valence-electron chi connectivity index (χ0n) is 23.8. The number of hydrogen-bond donors (Lipinski definition) is 1. The van der Waals surface area contributed by atoms with Gasteiger partial charge < -0.3 is 9.30 Å². The summed E-state index contributed by atoms with van der Waals surface area (Å²) in [5.74, 6) is 0.611. The molecular formula is C30H36N8O3. The minimum Gasteiger partial charge on any atom is -0.462 e. The summed E-state index contributed by atoms with van der Waals surface area (Å²) in [6.45, 7) is 7.31. The molecule has 1 unspecified atom stereocenters. The fourth-order valence-electron chi connectivity index (χ4n) is 5.41. The van der Waals surface area contributed by atoms with Crippen LogP contribution in [0, 0.1) is 0 Å². The number of hydrogen-bond acceptors (Lipinski definition) is 7. The molecule has 0 spiro atoms. The van der Waals surface area contributed by atoms with Gasteiger partial charge in [-0.3, -0.25) is 14.1 Å². The average molecular weight is 557 g/mol. The van der Waals surface area contributed by atoms with E-state index in [1.165, 1.54) is 0 Å². The summed E-state index contributed by atoms with van der Waals surface area (Å²) in [5.41, 5.74) is 2.43. The number of rotatable bonds is 12. The number of ether oxygens (including phenoxy) is 1. The fraction of sp³-hybridized carbons (Fsp3) is 0.400. The topological polar surface area (TPSA) is 125 Å². The lowest BCUT2D eigenvalue weighted by Crippen LogP contribution is -2.37. The highest BCUT2D eigenvalue weighted by molar-refractivity contribution is 5.93. The Hall–Kier alpha value is -4.54. The number of esters is 1. The van der Waals surface area contributed by atoms with Crippen molar-refractivity contribution in [2.24, 2.45) is 4.99 Å². The van der Waals surface area contributed by atoms with Crippen molar-refractivity contribution in [2.45, 2.75) is 71.4 Å². The van der Waals surface area contributed by atoms with Gasteiger partial charge in [-0.25, -0.2) is 9.59 Å². The number of tetrazole rings is 1. The Balaban J connectivity index is 1.64. The van der Waals surface area contributed by atoms with Crippen LogP contribution in [0.1, 0.15) is 68.1 Å². The van der Waals surface area contributed by atoms with Crippen LogP contribution < -0.4 is 5.69 Å². The molecule has 0 bridgehead atoms. The van der Waals surface area contributed by atoms with Crippen molar-refractivity contribution in [1.82, 2.24) is 34.3 Å². The van der Waals surface area contributed by atoms with Crippen LogP contribution in [0.3, 0.4) is 0 Å². The lowest BCUT2D eigenvalue weighted by Gasteiger charge is -2.32. The number of aromatic amines is 1. The Kier molecular flexibility index (Phi) is 8.42. The number of aromatic nitrogens is 7. The molecule has 0 saturated heterocycles. The van der Waals surface area contributed by atoms with E-state index in [0.29, 0.717) is 36.7 Å². The molecule has 1 atom stereocenters. The highest BCUT2D eigenvalue weighted by Crippen LogP contribution is 2.35. The molecule has 1 N–H and O–H groups in total. The van der Waals surface area contributed by atoms with Gasteiger partial charge in [-0.1, -0.05) is 44.5 Å². The van der Waals surface area contributed by atoms with Crippen molar-refractivity contribution in [3.8, 4) is 17.2 Å². The van der Waals surface area contributed by atoms with Gasteiger partial charge in [0.1, 0.15) is 11.4 Å². The first kappa shape index (κ1) is 28.0. The minimum atomic E-state index is -0.534. The first-order valence-corrected chi connectivity index (χ1v) is 14.2. The summed E-state index contributed by atoms with van der Waals surface area (Å²) in [4.78, 5) is 31.6. The number of H-pyrrole nitrogens is 1. The SMILES string of the molecule is CCCCc1cn(-c2c(C(=O)OCC)ccn2CCC)c(=O)n1CC1(c2cccc(-c3nn[nH]n3)c2)C=CN=CC1. The second-order valence-corrected chi connectivity index (χ2v) is 10.3. The molecule has 3 aromatic heterocycles. The van der Waals surface area contributed by atoms with Crippen molar-refractivity contribution in [3.05, 3.63) is 82.3 Å². The zero-order chi connectivity index (χ0) is 28.8. The van der Waals surface area contributed by atoms with E-state index in [1.807, 2.05) is 45.9 Å². The monoisotopic (exact) mass is 556 g/mol. The number of carbonyl (C=O) groups excluding carboxylic acids is 1. The second-order valence-electron chi connectivity index (χ2n) is 10.3. The van der Waals surface area contributed by atoms with Crippen LogP contribution in [0.2, 0.25) is 0 Å². The van der Waals surface area contributed by atoms with Gasteiger partial charge >= 0.3 is 11.7 Å². The number of allylic oxidation sites excluding steroid dienone is 1. The molecule has 4 aromatic rings. The van der Waals surface area contributed by atoms with E-state index in [-0.39, 0.29) is 12.3 Å². The predicted octanol–water partition coefficient (Wildman–Crippen LogP) is 4.48. The molecule has 0 amide bonds. The summed E-state index contributed by atoms with van der Waals surface area (Å²) in [5, 5.41) is 14.5. The van der Waals surface area contributed by atoms with E-state index in [0.717, 1.165) is 42.5 Å². The molecule has 5 rings (SSSR count). The standard InChI is InChI=1S/C30H36N8O3/c1-4-7-11-24-20-37(27-25(28(39)41-6-3)12-18-36(27)17-5-2)29(40)38(24)21-30(13-15-31-16-14-30)23-10-8-9-22(19-23)26-32-34-35-33-26/h8-10,12-13,15-16,18-20H,4-7,11,14,17,21H2,1-3H3,(H,32,33,34,35). The molecule has 4 heterocycles. The molecule has 41 heavy (non-hydrogen) atoms. The molecule has 11 nitrogen and oxygen atoms in total. The van der Waals surface area contributed by atoms with Gasteiger partial charge in [0.05, 0.1) is 6.61 Å². The van der Waals surface area contributed by atoms with Gasteiger partial charge in [-0.15, -0.1) is 10.2 Å². The summed E-state index contributed by atoms with van der Waals surface area (Å²) in [6, 6.07) is 9.76. The third-order valence-corrected chi connectivity index (χ3v) is 7.49. The van der Waals surface area contributed by atoms with Crippen molar-refractivity contribution >= 4 is 12.2 Å². The predicted molar refractivity (Wildman–Crippen MR) is 156 cm³/mol. The van der Waals surface area contributed by atoms with Gasteiger partial charge in [-0.2, -0.15) is 5.21 Å². The molecule has 0 saturated carbocycles. The van der Waals surface area contributed by atoms with E-state index in [1.54, 1.807) is 23.8 Å². The van der Waals surface area contributed by atoms with E-state index in [2.05, 4.69) is 51.6 Å². The molecule has 1 aromatic carbocycles. The maximum Gasteiger partial charge on any atom is 0.341 e. The number of unbranched alkanes of at least 4 members (excludes halogenated alkanes) is 1. The number of carbonyl (C=O) groups is 1. The lowest BCUT2D eigenvalue weighted by atomic mass is 9.76. The first-order valence-electron chi connectivity index (χ1n) is 14.2. The molecule has 0 aliphatic carbocycles. The molecule has 1 aliphatic heterocycles. The number of aliphatic imine (C=N–C) groups is 1. The smallest absolute Gasteiger partial charge is 0.341 e. The van der Waals surface area contributed by atoms with Gasteiger partial charge in [0.15, 0.2) is 0 Å². The fourth-order valence-corrected chi connectivity index (χ4v) is 5.41. The van der Waals surface area contributed by atoms with Gasteiger partial charge in [-0.05, 0) is 55.5 Å². The van der Waals surface area contributed by atoms with Gasteiger partial charge in [0.2, 0.25) is 5.82 Å². The number of benzene rings is 1. The van der Waals surface area contributed by atoms with Crippen molar-refractivity contribution in [3.63, 3.8) is 0 Å². The van der Waals surface area contributed by atoms with Crippen molar-refractivity contribution in [2.75, 3.05) is 6.61 Å². The molecule has 0 fully saturated rings. The Morgan fingerprint density at radius 3 is 2.76 bits per heavy atom. The third-order valence-electron chi connectivity index (χ3n) is 7.49. The van der Waals surface area contributed by atoms with E-state index < -0.39 is 11.4 Å². The summed E-state index contributed by atoms with van der Waals surface area (Å²) >= 11 is 0. The molecule has 214 valence electrons. The van der Waals surface area contributed by atoms with Crippen LogP contribution in [0.5, 0.6) is 0 Å². The van der Waals surface area contributed by atoms with E-state index >= 15 is 0 Å². The van der Waals surface area contributed by atoms with Crippen LogP contribution in [-0.2, 0) is 29.7 Å². The third kappa shape index (κ3) is 5.57. The zero-order valence-corrected chi connectivity index (χ0v) is 23.8. The second kappa shape index (κ2) is 12.3. The highest BCUT2D eigenvalue weighted by atomic mass is 16.5. The summed E-state index contributed by atoms with van der Waals surface area (Å²) in [6.07, 6.45) is 13.6. The van der Waals surface area contributed by atoms with Crippen LogP contribution in [0.15, 0.2) is 64.8 Å².